The molecule has 2 aromatic carbocycles. The number of anilines is 2. The minimum absolute atomic E-state index is 0.130. The van der Waals surface area contributed by atoms with Crippen LogP contribution in [0.5, 0.6) is 0 Å². The molecule has 4 heterocycles. The standard InChI is InChI=1S/C27H20N6O/c34-27-22(21-10-4-5-11-23(21)32-27)13-20-17-30-33-25(29-16-18-7-6-12-28-15-18)14-24(31-26(20)33)19-8-2-1-3-9-19/h1-15,17,29H,16H2,(H,32,34)/b22-13-. The van der Waals surface area contributed by atoms with Crippen LogP contribution in [0.25, 0.3) is 28.6 Å². The van der Waals surface area contributed by atoms with Crippen molar-refractivity contribution in [1.29, 1.82) is 0 Å². The van der Waals surface area contributed by atoms with Gasteiger partial charge in [-0.1, -0.05) is 54.6 Å². The summed E-state index contributed by atoms with van der Waals surface area (Å²) in [5.74, 6) is 0.670. The van der Waals surface area contributed by atoms with E-state index in [9.17, 15) is 4.79 Å². The van der Waals surface area contributed by atoms with Gasteiger partial charge in [-0.25, -0.2) is 4.98 Å². The highest BCUT2D eigenvalue weighted by Gasteiger charge is 2.24. The molecule has 0 bridgehead atoms. The van der Waals surface area contributed by atoms with E-state index in [1.165, 1.54) is 0 Å². The molecule has 6 rings (SSSR count). The highest BCUT2D eigenvalue weighted by atomic mass is 16.2. The van der Waals surface area contributed by atoms with E-state index in [1.807, 2.05) is 85.1 Å². The van der Waals surface area contributed by atoms with Crippen LogP contribution in [-0.4, -0.2) is 25.5 Å². The summed E-state index contributed by atoms with van der Waals surface area (Å²) in [6, 6.07) is 23.6. The fourth-order valence-electron chi connectivity index (χ4n) is 4.10. The van der Waals surface area contributed by atoms with E-state index in [0.29, 0.717) is 17.8 Å². The predicted molar refractivity (Wildman–Crippen MR) is 133 cm³/mol. The lowest BCUT2D eigenvalue weighted by Gasteiger charge is -2.11. The van der Waals surface area contributed by atoms with Crippen LogP contribution in [0, 0.1) is 0 Å². The number of hydrogen-bond donors (Lipinski definition) is 2. The molecule has 2 N–H and O–H groups in total. The van der Waals surface area contributed by atoms with Gasteiger partial charge in [0, 0.05) is 53.0 Å². The number of aromatic nitrogens is 4. The van der Waals surface area contributed by atoms with Crippen molar-refractivity contribution in [3.8, 4) is 11.3 Å². The Kier molecular flexibility index (Phi) is 4.85. The second kappa shape index (κ2) is 8.29. The summed E-state index contributed by atoms with van der Waals surface area (Å²) in [4.78, 5) is 21.8. The molecule has 0 aliphatic carbocycles. The first-order chi connectivity index (χ1) is 16.8. The van der Waals surface area contributed by atoms with Crippen LogP contribution >= 0.6 is 0 Å². The number of hydrogen-bond acceptors (Lipinski definition) is 5. The molecule has 164 valence electrons. The number of amides is 1. The molecular weight excluding hydrogens is 424 g/mol. The Morgan fingerprint density at radius 3 is 2.68 bits per heavy atom. The maximum Gasteiger partial charge on any atom is 0.256 e. The van der Waals surface area contributed by atoms with Crippen LogP contribution in [-0.2, 0) is 11.3 Å². The van der Waals surface area contributed by atoms with Gasteiger partial charge in [0.1, 0.15) is 5.82 Å². The van der Waals surface area contributed by atoms with Crippen LogP contribution in [0.4, 0.5) is 11.5 Å². The quantitative estimate of drug-likeness (QED) is 0.377. The summed E-state index contributed by atoms with van der Waals surface area (Å²) in [6.07, 6.45) is 7.19. The maximum absolute atomic E-state index is 12.7. The molecule has 0 atom stereocenters. The third-order valence-electron chi connectivity index (χ3n) is 5.77. The van der Waals surface area contributed by atoms with Gasteiger partial charge in [-0.3, -0.25) is 9.78 Å². The number of carbonyl (C=O) groups is 1. The van der Waals surface area contributed by atoms with Crippen molar-refractivity contribution in [2.24, 2.45) is 0 Å². The summed E-state index contributed by atoms with van der Waals surface area (Å²) in [5, 5.41) is 11.0. The van der Waals surface area contributed by atoms with E-state index in [1.54, 1.807) is 16.9 Å². The lowest BCUT2D eigenvalue weighted by Crippen LogP contribution is -2.07. The van der Waals surface area contributed by atoms with Gasteiger partial charge in [0.2, 0.25) is 0 Å². The molecule has 3 aromatic heterocycles. The first-order valence-electron chi connectivity index (χ1n) is 11.0. The lowest BCUT2D eigenvalue weighted by molar-refractivity contribution is -0.110. The average Bonchev–Trinajstić information content (AvgIpc) is 3.44. The van der Waals surface area contributed by atoms with E-state index in [4.69, 9.17) is 4.98 Å². The van der Waals surface area contributed by atoms with E-state index in [-0.39, 0.29) is 5.91 Å². The van der Waals surface area contributed by atoms with Gasteiger partial charge in [0.25, 0.3) is 5.91 Å². The van der Waals surface area contributed by atoms with Gasteiger partial charge in [-0.2, -0.15) is 9.61 Å². The Bertz CT molecular complexity index is 1540. The van der Waals surface area contributed by atoms with E-state index in [0.717, 1.165) is 39.5 Å². The Hall–Kier alpha value is -4.78. The third kappa shape index (κ3) is 3.59. The molecule has 34 heavy (non-hydrogen) atoms. The number of nitrogens with one attached hydrogen (secondary N) is 2. The number of nitrogens with zero attached hydrogens (tertiary/aromatic N) is 4. The Morgan fingerprint density at radius 1 is 0.971 bits per heavy atom. The molecule has 7 nitrogen and oxygen atoms in total. The molecule has 5 aromatic rings. The minimum Gasteiger partial charge on any atom is -0.366 e. The summed E-state index contributed by atoms with van der Waals surface area (Å²) in [7, 11) is 0. The molecule has 0 unspecified atom stereocenters. The summed E-state index contributed by atoms with van der Waals surface area (Å²) >= 11 is 0. The van der Waals surface area contributed by atoms with Crippen molar-refractivity contribution in [3.63, 3.8) is 0 Å². The lowest BCUT2D eigenvalue weighted by atomic mass is 10.1. The Labute approximate surface area is 195 Å². The number of fused-ring (bicyclic) bond motifs is 2. The minimum atomic E-state index is -0.130. The molecule has 1 amide bonds. The second-order valence-electron chi connectivity index (χ2n) is 8.00. The van der Waals surface area contributed by atoms with Crippen molar-refractivity contribution in [2.45, 2.75) is 6.54 Å². The molecule has 0 fully saturated rings. The van der Waals surface area contributed by atoms with Gasteiger partial charge < -0.3 is 10.6 Å². The van der Waals surface area contributed by atoms with E-state index in [2.05, 4.69) is 20.7 Å². The SMILES string of the molecule is O=C1Nc2ccccc2/C1=C/c1cnn2c(NCc3cccnc3)cc(-c3ccccc3)nc12. The van der Waals surface area contributed by atoms with E-state index < -0.39 is 0 Å². The van der Waals surface area contributed by atoms with Crippen LogP contribution in [0.3, 0.4) is 0 Å². The molecule has 0 spiro atoms. The zero-order valence-electron chi connectivity index (χ0n) is 18.1. The van der Waals surface area contributed by atoms with Crippen LogP contribution in [0.2, 0.25) is 0 Å². The van der Waals surface area contributed by atoms with Gasteiger partial charge in [-0.05, 0) is 23.8 Å². The van der Waals surface area contributed by atoms with Crippen LogP contribution in [0.15, 0.2) is 91.4 Å². The summed E-state index contributed by atoms with van der Waals surface area (Å²) in [5.41, 5.74) is 6.60. The highest BCUT2D eigenvalue weighted by Crippen LogP contribution is 2.33. The van der Waals surface area contributed by atoms with Crippen molar-refractivity contribution in [1.82, 2.24) is 19.6 Å². The molecule has 1 aliphatic rings. The molecule has 0 radical (unpaired) electrons. The van der Waals surface area contributed by atoms with Gasteiger partial charge >= 0.3 is 0 Å². The maximum atomic E-state index is 12.7. The number of carbonyl (C=O) groups excluding carboxylic acids is 1. The van der Waals surface area contributed by atoms with Crippen molar-refractivity contribution >= 4 is 34.7 Å². The summed E-state index contributed by atoms with van der Waals surface area (Å²) in [6.45, 7) is 0.591. The molecule has 1 aliphatic heterocycles. The van der Waals surface area contributed by atoms with Crippen molar-refractivity contribution < 1.29 is 4.79 Å². The fourth-order valence-corrected chi connectivity index (χ4v) is 4.10. The van der Waals surface area contributed by atoms with E-state index >= 15 is 0 Å². The monoisotopic (exact) mass is 444 g/mol. The first kappa shape index (κ1) is 19.9. The molecule has 0 saturated heterocycles. The van der Waals surface area contributed by atoms with Gasteiger partial charge in [0.05, 0.1) is 11.9 Å². The number of para-hydroxylation sites is 1. The molecule has 7 heteroatoms. The predicted octanol–water partition coefficient (Wildman–Crippen LogP) is 4.90. The van der Waals surface area contributed by atoms with Crippen molar-refractivity contribution in [3.05, 3.63) is 108 Å². The van der Waals surface area contributed by atoms with Gasteiger partial charge in [-0.15, -0.1) is 0 Å². The zero-order valence-corrected chi connectivity index (χ0v) is 18.1. The normalized spacial score (nSPS) is 13.8. The van der Waals surface area contributed by atoms with Crippen LogP contribution < -0.4 is 10.6 Å². The van der Waals surface area contributed by atoms with Gasteiger partial charge in [0.15, 0.2) is 5.65 Å². The Morgan fingerprint density at radius 2 is 1.82 bits per heavy atom. The fraction of sp³-hybridized carbons (Fsp3) is 0.0370. The summed E-state index contributed by atoms with van der Waals surface area (Å²) < 4.78 is 1.77. The largest absolute Gasteiger partial charge is 0.366 e. The zero-order chi connectivity index (χ0) is 22.9. The smallest absolute Gasteiger partial charge is 0.256 e. The first-order valence-corrected chi connectivity index (χ1v) is 11.0. The second-order valence-corrected chi connectivity index (χ2v) is 8.00. The Balaban J connectivity index is 1.47. The van der Waals surface area contributed by atoms with Crippen molar-refractivity contribution in [2.75, 3.05) is 10.6 Å². The molecule has 0 saturated carbocycles. The number of pyridine rings is 1. The van der Waals surface area contributed by atoms with Crippen LogP contribution in [0.1, 0.15) is 16.7 Å². The topological polar surface area (TPSA) is 84.2 Å². The average molecular weight is 444 g/mol. The third-order valence-corrected chi connectivity index (χ3v) is 5.77. The number of rotatable bonds is 5. The molecular formula is C27H20N6O. The highest BCUT2D eigenvalue weighted by molar-refractivity contribution is 6.35. The number of benzene rings is 2.